The van der Waals surface area contributed by atoms with Gasteiger partial charge < -0.3 is 5.73 Å². The molecule has 0 saturated heterocycles. The molecule has 0 spiro atoms. The van der Waals surface area contributed by atoms with Crippen molar-refractivity contribution in [3.63, 3.8) is 0 Å². The summed E-state index contributed by atoms with van der Waals surface area (Å²) in [5.74, 6) is 0. The highest BCUT2D eigenvalue weighted by Gasteiger charge is 2.16. The Morgan fingerprint density at radius 2 is 2.11 bits per heavy atom. The quantitative estimate of drug-likeness (QED) is 0.766. The van der Waals surface area contributed by atoms with Gasteiger partial charge in [-0.05, 0) is 18.6 Å². The first-order valence-corrected chi connectivity index (χ1v) is 6.79. The molecule has 2 N–H and O–H groups in total. The van der Waals surface area contributed by atoms with E-state index < -0.39 is 0 Å². The van der Waals surface area contributed by atoms with E-state index in [9.17, 15) is 0 Å². The Kier molecular flexibility index (Phi) is 2.69. The molecule has 4 heteroatoms. The third-order valence-corrected chi connectivity index (χ3v) is 4.28. The van der Waals surface area contributed by atoms with Gasteiger partial charge in [0, 0.05) is 34.6 Å². The second-order valence-corrected chi connectivity index (χ2v) is 5.30. The van der Waals surface area contributed by atoms with Crippen molar-refractivity contribution in [2.24, 2.45) is 12.8 Å². The van der Waals surface area contributed by atoms with E-state index >= 15 is 0 Å². The summed E-state index contributed by atoms with van der Waals surface area (Å²) in [7, 11) is 1.98. The predicted octanol–water partition coefficient (Wildman–Crippen LogP) is 3.07. The molecule has 0 aliphatic carbocycles. The molecule has 2 heterocycles. The molecular weight excluding hydrogens is 242 g/mol. The number of benzene rings is 1. The molecule has 0 aliphatic heterocycles. The molecule has 0 amide bonds. The second-order valence-electron chi connectivity index (χ2n) is 4.39. The Labute approximate surface area is 110 Å². The minimum atomic E-state index is 0.488. The maximum atomic E-state index is 5.73. The van der Waals surface area contributed by atoms with Gasteiger partial charge in [-0.25, -0.2) is 0 Å². The molecule has 92 valence electrons. The van der Waals surface area contributed by atoms with Crippen molar-refractivity contribution in [2.45, 2.75) is 13.5 Å². The number of aryl methyl sites for hydroxylation is 1. The lowest BCUT2D eigenvalue weighted by Crippen LogP contribution is -1.99. The molecule has 3 nitrogen and oxygen atoms in total. The van der Waals surface area contributed by atoms with Gasteiger partial charge in [0.2, 0.25) is 0 Å². The number of hydrogen-bond acceptors (Lipinski definition) is 3. The van der Waals surface area contributed by atoms with E-state index in [1.807, 2.05) is 11.7 Å². The first-order chi connectivity index (χ1) is 8.72. The summed E-state index contributed by atoms with van der Waals surface area (Å²) in [5, 5.41) is 7.98. The van der Waals surface area contributed by atoms with Gasteiger partial charge in [0.1, 0.15) is 0 Å². The molecule has 0 radical (unpaired) electrons. The zero-order valence-electron chi connectivity index (χ0n) is 10.5. The van der Waals surface area contributed by atoms with Crippen LogP contribution in [0.5, 0.6) is 0 Å². The van der Waals surface area contributed by atoms with Crippen LogP contribution in [0.3, 0.4) is 0 Å². The first-order valence-electron chi connectivity index (χ1n) is 5.91. The summed E-state index contributed by atoms with van der Waals surface area (Å²) >= 11 is 1.77. The van der Waals surface area contributed by atoms with Gasteiger partial charge in [-0.2, -0.15) is 5.10 Å². The van der Waals surface area contributed by atoms with Crippen LogP contribution in [0.25, 0.3) is 21.3 Å². The number of thiophene rings is 1. The third kappa shape index (κ3) is 1.57. The van der Waals surface area contributed by atoms with Crippen LogP contribution in [-0.2, 0) is 13.6 Å². The van der Waals surface area contributed by atoms with Crippen molar-refractivity contribution in [3.8, 4) is 11.3 Å². The molecule has 0 aliphatic rings. The normalized spacial score (nSPS) is 11.3. The highest BCUT2D eigenvalue weighted by Crippen LogP contribution is 2.35. The van der Waals surface area contributed by atoms with Gasteiger partial charge >= 0.3 is 0 Å². The van der Waals surface area contributed by atoms with Gasteiger partial charge in [-0.1, -0.05) is 18.2 Å². The number of nitrogens with zero attached hydrogens (tertiary/aromatic N) is 2. The van der Waals surface area contributed by atoms with E-state index in [1.54, 1.807) is 11.3 Å². The molecule has 3 aromatic rings. The summed E-state index contributed by atoms with van der Waals surface area (Å²) in [6, 6.07) is 8.47. The van der Waals surface area contributed by atoms with Crippen molar-refractivity contribution in [1.82, 2.24) is 9.78 Å². The predicted molar refractivity (Wildman–Crippen MR) is 76.7 cm³/mol. The monoisotopic (exact) mass is 257 g/mol. The molecule has 18 heavy (non-hydrogen) atoms. The molecule has 2 aromatic heterocycles. The molecule has 0 bridgehead atoms. The number of rotatable bonds is 2. The molecule has 0 atom stereocenters. The van der Waals surface area contributed by atoms with E-state index in [0.29, 0.717) is 6.54 Å². The molecular formula is C14H15N3S. The minimum Gasteiger partial charge on any atom is -0.325 e. The SMILES string of the molecule is Cc1c(CN)nn(C)c1-c1csc2ccccc12. The smallest absolute Gasteiger partial charge is 0.0795 e. The number of fused-ring (bicyclic) bond motifs is 1. The number of hydrogen-bond donors (Lipinski definition) is 1. The Morgan fingerprint density at radius 3 is 2.83 bits per heavy atom. The van der Waals surface area contributed by atoms with Crippen LogP contribution in [0.15, 0.2) is 29.6 Å². The van der Waals surface area contributed by atoms with Crippen LogP contribution < -0.4 is 5.73 Å². The third-order valence-electron chi connectivity index (χ3n) is 3.31. The lowest BCUT2D eigenvalue weighted by atomic mass is 10.1. The van der Waals surface area contributed by atoms with Crippen LogP contribution in [0.1, 0.15) is 11.3 Å². The second kappa shape index (κ2) is 4.23. The van der Waals surface area contributed by atoms with Crippen molar-refractivity contribution >= 4 is 21.4 Å². The summed E-state index contributed by atoms with van der Waals surface area (Å²) in [6.45, 7) is 2.58. The Bertz CT molecular complexity index is 709. The Morgan fingerprint density at radius 1 is 1.33 bits per heavy atom. The van der Waals surface area contributed by atoms with Crippen LogP contribution in [0, 0.1) is 6.92 Å². The summed E-state index contributed by atoms with van der Waals surface area (Å²) < 4.78 is 3.24. The first kappa shape index (κ1) is 11.4. The van der Waals surface area contributed by atoms with Gasteiger partial charge in [-0.15, -0.1) is 11.3 Å². The maximum Gasteiger partial charge on any atom is 0.0795 e. The summed E-state index contributed by atoms with van der Waals surface area (Å²) in [5.41, 5.74) is 10.3. The van der Waals surface area contributed by atoms with Crippen molar-refractivity contribution in [2.75, 3.05) is 0 Å². The van der Waals surface area contributed by atoms with E-state index in [4.69, 9.17) is 5.73 Å². The largest absolute Gasteiger partial charge is 0.325 e. The topological polar surface area (TPSA) is 43.8 Å². The molecule has 0 unspecified atom stereocenters. The van der Waals surface area contributed by atoms with Crippen LogP contribution in [-0.4, -0.2) is 9.78 Å². The van der Waals surface area contributed by atoms with E-state index in [2.05, 4.69) is 41.7 Å². The lowest BCUT2D eigenvalue weighted by Gasteiger charge is -2.02. The van der Waals surface area contributed by atoms with Crippen LogP contribution in [0.2, 0.25) is 0 Å². The van der Waals surface area contributed by atoms with Crippen LogP contribution >= 0.6 is 11.3 Å². The van der Waals surface area contributed by atoms with Crippen molar-refractivity contribution in [1.29, 1.82) is 0 Å². The lowest BCUT2D eigenvalue weighted by molar-refractivity contribution is 0.750. The Hall–Kier alpha value is -1.65. The van der Waals surface area contributed by atoms with E-state index in [-0.39, 0.29) is 0 Å². The van der Waals surface area contributed by atoms with Crippen LogP contribution in [0.4, 0.5) is 0 Å². The summed E-state index contributed by atoms with van der Waals surface area (Å²) in [6.07, 6.45) is 0. The highest BCUT2D eigenvalue weighted by atomic mass is 32.1. The fourth-order valence-electron chi connectivity index (χ4n) is 2.42. The van der Waals surface area contributed by atoms with Gasteiger partial charge in [0.25, 0.3) is 0 Å². The minimum absolute atomic E-state index is 0.488. The number of nitrogens with two attached hydrogens (primary N) is 1. The zero-order valence-corrected chi connectivity index (χ0v) is 11.3. The maximum absolute atomic E-state index is 5.73. The van der Waals surface area contributed by atoms with Gasteiger partial charge in [0.15, 0.2) is 0 Å². The van der Waals surface area contributed by atoms with Gasteiger partial charge in [-0.3, -0.25) is 4.68 Å². The molecule has 0 saturated carbocycles. The zero-order chi connectivity index (χ0) is 12.7. The number of aromatic nitrogens is 2. The fraction of sp³-hybridized carbons (Fsp3) is 0.214. The van der Waals surface area contributed by atoms with E-state index in [1.165, 1.54) is 26.9 Å². The van der Waals surface area contributed by atoms with Gasteiger partial charge in [0.05, 0.1) is 11.4 Å². The van der Waals surface area contributed by atoms with Crippen molar-refractivity contribution in [3.05, 3.63) is 40.9 Å². The fourth-order valence-corrected chi connectivity index (χ4v) is 3.36. The van der Waals surface area contributed by atoms with E-state index in [0.717, 1.165) is 5.69 Å². The average Bonchev–Trinajstić information content (AvgIpc) is 2.91. The van der Waals surface area contributed by atoms with Crippen molar-refractivity contribution < 1.29 is 0 Å². The standard InChI is InChI=1S/C14H15N3S/c1-9-12(7-15)16-17(2)14(9)11-8-18-13-6-4-3-5-10(11)13/h3-6,8H,7,15H2,1-2H3. The average molecular weight is 257 g/mol. The summed E-state index contributed by atoms with van der Waals surface area (Å²) in [4.78, 5) is 0. The highest BCUT2D eigenvalue weighted by molar-refractivity contribution is 7.17. The Balaban J connectivity index is 2.29. The molecule has 0 fully saturated rings. The molecule has 1 aromatic carbocycles. The molecule has 3 rings (SSSR count).